The summed E-state index contributed by atoms with van der Waals surface area (Å²) in [6.07, 6.45) is 0. The van der Waals surface area contributed by atoms with Crippen LogP contribution < -0.4 is 15.4 Å². The number of methoxy groups -OCH3 is 1. The largest absolute Gasteiger partial charge is 0.497 e. The maximum absolute atomic E-state index is 12.5. The topological polar surface area (TPSA) is 98.1 Å². The number of benzene rings is 2. The van der Waals surface area contributed by atoms with Crippen LogP contribution in [-0.2, 0) is 11.8 Å². The predicted molar refractivity (Wildman–Crippen MR) is 121 cm³/mol. The second-order valence-electron chi connectivity index (χ2n) is 6.64. The number of ether oxygens (including phenoxy) is 1. The minimum atomic E-state index is -0.402. The van der Waals surface area contributed by atoms with Crippen molar-refractivity contribution in [3.8, 4) is 5.75 Å². The fourth-order valence-corrected chi connectivity index (χ4v) is 3.78. The van der Waals surface area contributed by atoms with E-state index >= 15 is 0 Å². The molecule has 0 radical (unpaired) electrons. The van der Waals surface area contributed by atoms with Crippen LogP contribution in [-0.4, -0.2) is 39.4 Å². The highest BCUT2D eigenvalue weighted by Crippen LogP contribution is 2.22. The number of hydrogen-bond acceptors (Lipinski definition) is 6. The van der Waals surface area contributed by atoms with Crippen molar-refractivity contribution in [2.45, 2.75) is 18.1 Å². The third kappa shape index (κ3) is 5.77. The van der Waals surface area contributed by atoms with Gasteiger partial charge in [0.2, 0.25) is 5.91 Å². The second kappa shape index (κ2) is 10.3. The van der Waals surface area contributed by atoms with E-state index in [0.717, 1.165) is 0 Å². The van der Waals surface area contributed by atoms with Crippen LogP contribution in [0.1, 0.15) is 29.1 Å². The summed E-state index contributed by atoms with van der Waals surface area (Å²) < 4.78 is 6.90. The number of rotatable bonds is 8. The molecule has 2 N–H and O–H groups in total. The first-order chi connectivity index (χ1) is 14.9. The number of amides is 2. The first-order valence-corrected chi connectivity index (χ1v) is 10.8. The fraction of sp³-hybridized carbons (Fsp3) is 0.238. The van der Waals surface area contributed by atoms with E-state index in [2.05, 4.69) is 20.8 Å². The van der Waals surface area contributed by atoms with Gasteiger partial charge in [0.1, 0.15) is 5.75 Å². The van der Waals surface area contributed by atoms with Crippen LogP contribution in [0, 0.1) is 0 Å². The molecule has 1 atom stereocenters. The lowest BCUT2D eigenvalue weighted by molar-refractivity contribution is -0.113. The van der Waals surface area contributed by atoms with Gasteiger partial charge in [-0.15, -0.1) is 10.2 Å². The van der Waals surface area contributed by atoms with Crippen LogP contribution in [0.4, 0.5) is 5.69 Å². The van der Waals surface area contributed by atoms with Crippen molar-refractivity contribution in [2.75, 3.05) is 18.2 Å². The predicted octanol–water partition coefficient (Wildman–Crippen LogP) is 3.70. The second-order valence-corrected chi connectivity index (χ2v) is 7.99. The van der Waals surface area contributed by atoms with Gasteiger partial charge < -0.3 is 19.9 Å². The van der Waals surface area contributed by atoms with Crippen molar-refractivity contribution in [3.05, 3.63) is 64.9 Å². The van der Waals surface area contributed by atoms with Gasteiger partial charge in [0.05, 0.1) is 29.5 Å². The van der Waals surface area contributed by atoms with Gasteiger partial charge in [0, 0.05) is 18.8 Å². The molecule has 162 valence electrons. The Labute approximate surface area is 189 Å². The lowest BCUT2D eigenvalue weighted by Gasteiger charge is -2.14. The van der Waals surface area contributed by atoms with E-state index in [1.165, 1.54) is 11.8 Å². The summed E-state index contributed by atoms with van der Waals surface area (Å²) in [5.74, 6) is 0.909. The number of halogens is 1. The third-order valence-corrected chi connectivity index (χ3v) is 5.76. The molecule has 0 bridgehead atoms. The Morgan fingerprint density at radius 3 is 2.71 bits per heavy atom. The van der Waals surface area contributed by atoms with E-state index in [0.29, 0.717) is 33.0 Å². The van der Waals surface area contributed by atoms with Crippen molar-refractivity contribution < 1.29 is 14.3 Å². The van der Waals surface area contributed by atoms with Gasteiger partial charge >= 0.3 is 0 Å². The number of aromatic nitrogens is 3. The Bertz CT molecular complexity index is 1090. The van der Waals surface area contributed by atoms with Crippen LogP contribution in [0.15, 0.2) is 53.7 Å². The molecule has 0 saturated carbocycles. The lowest BCUT2D eigenvalue weighted by atomic mass is 10.2. The highest BCUT2D eigenvalue weighted by Gasteiger charge is 2.20. The Kier molecular flexibility index (Phi) is 7.54. The summed E-state index contributed by atoms with van der Waals surface area (Å²) in [4.78, 5) is 24.8. The molecule has 3 aromatic rings. The molecule has 1 aromatic heterocycles. The number of carbonyl (C=O) groups is 2. The quantitative estimate of drug-likeness (QED) is 0.498. The van der Waals surface area contributed by atoms with E-state index in [4.69, 9.17) is 16.3 Å². The minimum absolute atomic E-state index is 0.156. The molecule has 3 rings (SSSR count). The Morgan fingerprint density at radius 2 is 1.97 bits per heavy atom. The monoisotopic (exact) mass is 459 g/mol. The lowest BCUT2D eigenvalue weighted by Crippen LogP contribution is -2.28. The molecule has 0 spiro atoms. The molecule has 31 heavy (non-hydrogen) atoms. The molecule has 8 nitrogen and oxygen atoms in total. The van der Waals surface area contributed by atoms with E-state index in [1.807, 2.05) is 6.92 Å². The van der Waals surface area contributed by atoms with Crippen LogP contribution in [0.3, 0.4) is 0 Å². The summed E-state index contributed by atoms with van der Waals surface area (Å²) in [7, 11) is 3.36. The summed E-state index contributed by atoms with van der Waals surface area (Å²) in [5, 5.41) is 14.9. The Morgan fingerprint density at radius 1 is 1.19 bits per heavy atom. The third-order valence-electron chi connectivity index (χ3n) is 4.41. The molecule has 0 saturated heterocycles. The van der Waals surface area contributed by atoms with E-state index in [1.54, 1.807) is 67.3 Å². The molecule has 0 aliphatic carbocycles. The molecule has 0 aliphatic heterocycles. The highest BCUT2D eigenvalue weighted by molar-refractivity contribution is 7.99. The number of anilines is 1. The van der Waals surface area contributed by atoms with Crippen LogP contribution in [0.25, 0.3) is 0 Å². The van der Waals surface area contributed by atoms with Crippen LogP contribution >= 0.6 is 23.4 Å². The standard InChI is InChI=1S/C21H22ClN5O3S/c1-13(23-20(29)16-9-4-5-10-17(16)22)19-25-26-21(27(19)2)31-12-18(28)24-14-7-6-8-15(11-14)30-3/h4-11,13H,12H2,1-3H3,(H,23,29)(H,24,28)/t13-/m1/s1. The summed E-state index contributed by atoms with van der Waals surface area (Å²) in [6, 6.07) is 13.6. The average molecular weight is 460 g/mol. The number of carbonyl (C=O) groups excluding carboxylic acids is 2. The molecule has 2 amide bonds. The van der Waals surface area contributed by atoms with Crippen LogP contribution in [0.2, 0.25) is 5.02 Å². The Balaban J connectivity index is 1.58. The maximum atomic E-state index is 12.5. The zero-order valence-electron chi connectivity index (χ0n) is 17.3. The number of nitrogens with one attached hydrogen (secondary N) is 2. The molecule has 0 fully saturated rings. The fourth-order valence-electron chi connectivity index (χ4n) is 2.84. The SMILES string of the molecule is COc1cccc(NC(=O)CSc2nnc([C@@H](C)NC(=O)c3ccccc3Cl)n2C)c1. The molecule has 1 heterocycles. The number of hydrogen-bond donors (Lipinski definition) is 2. The van der Waals surface area contributed by atoms with Gasteiger partial charge in [-0.05, 0) is 31.2 Å². The summed E-state index contributed by atoms with van der Waals surface area (Å²) in [5.41, 5.74) is 1.04. The Hall–Kier alpha value is -3.04. The summed E-state index contributed by atoms with van der Waals surface area (Å²) >= 11 is 7.34. The van der Waals surface area contributed by atoms with Gasteiger partial charge in [-0.25, -0.2) is 0 Å². The van der Waals surface area contributed by atoms with Gasteiger partial charge in [0.25, 0.3) is 5.91 Å². The van der Waals surface area contributed by atoms with Gasteiger partial charge in [-0.2, -0.15) is 0 Å². The maximum Gasteiger partial charge on any atom is 0.253 e. The average Bonchev–Trinajstić information content (AvgIpc) is 3.13. The first kappa shape index (κ1) is 22.6. The highest BCUT2D eigenvalue weighted by atomic mass is 35.5. The summed E-state index contributed by atoms with van der Waals surface area (Å²) in [6.45, 7) is 1.81. The molecule has 0 aliphatic rings. The first-order valence-electron chi connectivity index (χ1n) is 9.40. The van der Waals surface area contributed by atoms with Crippen molar-refractivity contribution >= 4 is 40.9 Å². The molecule has 0 unspecified atom stereocenters. The van der Waals surface area contributed by atoms with Gasteiger partial charge in [0.15, 0.2) is 11.0 Å². The molecular formula is C21H22ClN5O3S. The van der Waals surface area contributed by atoms with Crippen molar-refractivity contribution in [3.63, 3.8) is 0 Å². The van der Waals surface area contributed by atoms with Crippen LogP contribution in [0.5, 0.6) is 5.75 Å². The molecule has 10 heteroatoms. The van der Waals surface area contributed by atoms with Gasteiger partial charge in [-0.1, -0.05) is 41.6 Å². The minimum Gasteiger partial charge on any atom is -0.497 e. The van der Waals surface area contributed by atoms with E-state index in [9.17, 15) is 9.59 Å². The molecular weight excluding hydrogens is 438 g/mol. The zero-order chi connectivity index (χ0) is 22.4. The number of thioether (sulfide) groups is 1. The van der Waals surface area contributed by atoms with E-state index < -0.39 is 6.04 Å². The van der Waals surface area contributed by atoms with Gasteiger partial charge in [-0.3, -0.25) is 9.59 Å². The number of nitrogens with zero attached hydrogens (tertiary/aromatic N) is 3. The van der Waals surface area contributed by atoms with Crippen molar-refractivity contribution in [2.24, 2.45) is 7.05 Å². The van der Waals surface area contributed by atoms with E-state index in [-0.39, 0.29) is 17.6 Å². The van der Waals surface area contributed by atoms with Crippen molar-refractivity contribution in [1.82, 2.24) is 20.1 Å². The zero-order valence-corrected chi connectivity index (χ0v) is 18.8. The smallest absolute Gasteiger partial charge is 0.253 e. The van der Waals surface area contributed by atoms with Crippen molar-refractivity contribution in [1.29, 1.82) is 0 Å². The molecule has 2 aromatic carbocycles. The normalized spacial score (nSPS) is 11.6.